The number of aliphatic carboxylic acids is 1. The smallest absolute Gasteiger partial charge is 0.307 e. The lowest BCUT2D eigenvalue weighted by Crippen LogP contribution is -2.37. The Balaban J connectivity index is 2.95. The molecule has 1 aromatic rings. The number of benzene rings is 1. The van der Waals surface area contributed by atoms with Crippen LogP contribution in [-0.4, -0.2) is 19.1 Å². The third-order valence-electron chi connectivity index (χ3n) is 2.15. The summed E-state index contributed by atoms with van der Waals surface area (Å²) in [5, 5.41) is 9.99. The van der Waals surface area contributed by atoms with Crippen LogP contribution in [-0.2, 0) is 11.2 Å². The first-order valence-corrected chi connectivity index (χ1v) is 8.21. The van der Waals surface area contributed by atoms with Crippen molar-refractivity contribution in [1.29, 1.82) is 0 Å². The third kappa shape index (κ3) is 2.99. The maximum Gasteiger partial charge on any atom is 0.307 e. The maximum atomic E-state index is 10.5. The summed E-state index contributed by atoms with van der Waals surface area (Å²) >= 11 is 0. The Kier molecular flexibility index (Phi) is 3.11. The summed E-state index contributed by atoms with van der Waals surface area (Å²) in [5.74, 6) is -0.766. The van der Waals surface area contributed by atoms with Crippen molar-refractivity contribution in [3.05, 3.63) is 29.8 Å². The van der Waals surface area contributed by atoms with Gasteiger partial charge in [0.15, 0.2) is 0 Å². The number of rotatable bonds is 3. The van der Waals surface area contributed by atoms with Crippen molar-refractivity contribution in [3.63, 3.8) is 0 Å². The predicted molar refractivity (Wildman–Crippen MR) is 60.8 cm³/mol. The van der Waals surface area contributed by atoms with Crippen LogP contribution < -0.4 is 5.19 Å². The van der Waals surface area contributed by atoms with E-state index in [4.69, 9.17) is 5.11 Å². The first kappa shape index (κ1) is 11.0. The molecule has 1 N–H and O–H groups in total. The highest BCUT2D eigenvalue weighted by Crippen LogP contribution is 2.05. The van der Waals surface area contributed by atoms with Crippen LogP contribution in [0, 0.1) is 0 Å². The van der Waals surface area contributed by atoms with Crippen molar-refractivity contribution in [2.75, 3.05) is 0 Å². The highest BCUT2D eigenvalue weighted by atomic mass is 28.3. The number of carboxylic acids is 1. The molecule has 0 amide bonds. The topological polar surface area (TPSA) is 37.3 Å². The summed E-state index contributed by atoms with van der Waals surface area (Å²) in [6.07, 6.45) is 0.123. The molecular formula is C11H16O2Si. The van der Waals surface area contributed by atoms with Crippen LogP contribution in [0.3, 0.4) is 0 Å². The van der Waals surface area contributed by atoms with Crippen LogP contribution >= 0.6 is 0 Å². The van der Waals surface area contributed by atoms with Gasteiger partial charge >= 0.3 is 5.97 Å². The van der Waals surface area contributed by atoms with Crippen molar-refractivity contribution in [1.82, 2.24) is 0 Å². The van der Waals surface area contributed by atoms with Crippen molar-refractivity contribution in [2.24, 2.45) is 0 Å². The summed E-state index contributed by atoms with van der Waals surface area (Å²) in [6, 6.07) is 7.95. The zero-order valence-electron chi connectivity index (χ0n) is 8.87. The van der Waals surface area contributed by atoms with E-state index in [0.717, 1.165) is 5.56 Å². The lowest BCUT2D eigenvalue weighted by Gasteiger charge is -2.17. The summed E-state index contributed by atoms with van der Waals surface area (Å²) in [7, 11) is -1.31. The van der Waals surface area contributed by atoms with Crippen molar-refractivity contribution in [2.45, 2.75) is 26.1 Å². The van der Waals surface area contributed by atoms with Crippen molar-refractivity contribution < 1.29 is 9.90 Å². The van der Waals surface area contributed by atoms with Gasteiger partial charge in [-0.25, -0.2) is 0 Å². The van der Waals surface area contributed by atoms with Gasteiger partial charge in [0.1, 0.15) is 0 Å². The molecule has 0 aromatic heterocycles. The van der Waals surface area contributed by atoms with E-state index in [1.807, 2.05) is 18.2 Å². The van der Waals surface area contributed by atoms with Gasteiger partial charge in [-0.1, -0.05) is 49.1 Å². The molecule has 2 nitrogen and oxygen atoms in total. The minimum Gasteiger partial charge on any atom is -0.481 e. The highest BCUT2D eigenvalue weighted by Gasteiger charge is 2.16. The average molecular weight is 208 g/mol. The molecule has 0 atom stereocenters. The number of carbonyl (C=O) groups is 1. The van der Waals surface area contributed by atoms with E-state index in [0.29, 0.717) is 0 Å². The van der Waals surface area contributed by atoms with Gasteiger partial charge in [0.25, 0.3) is 0 Å². The van der Waals surface area contributed by atoms with Crippen molar-refractivity contribution >= 4 is 19.2 Å². The fourth-order valence-corrected chi connectivity index (χ4v) is 2.54. The zero-order valence-corrected chi connectivity index (χ0v) is 9.87. The zero-order chi connectivity index (χ0) is 10.8. The molecule has 76 valence electrons. The van der Waals surface area contributed by atoms with Crippen LogP contribution in [0.4, 0.5) is 0 Å². The summed E-state index contributed by atoms with van der Waals surface area (Å²) in [6.45, 7) is 6.77. The number of hydrogen-bond acceptors (Lipinski definition) is 1. The minimum absolute atomic E-state index is 0.123. The molecule has 0 saturated carbocycles. The van der Waals surface area contributed by atoms with Gasteiger partial charge in [-0.2, -0.15) is 0 Å². The third-order valence-corrected chi connectivity index (χ3v) is 4.19. The van der Waals surface area contributed by atoms with Crippen LogP contribution in [0.1, 0.15) is 5.56 Å². The van der Waals surface area contributed by atoms with Gasteiger partial charge in [0, 0.05) is 0 Å². The standard InChI is InChI=1S/C11H16O2Si/c1-14(2,3)10-6-4-5-9(7-10)8-11(12)13/h4-7H,8H2,1-3H3,(H,12,13). The summed E-state index contributed by atoms with van der Waals surface area (Å²) in [4.78, 5) is 10.5. The molecule has 0 radical (unpaired) electrons. The fourth-order valence-electron chi connectivity index (χ4n) is 1.32. The second-order valence-corrected chi connectivity index (χ2v) is 9.60. The minimum atomic E-state index is -1.31. The van der Waals surface area contributed by atoms with Gasteiger partial charge in [0.05, 0.1) is 14.5 Å². The van der Waals surface area contributed by atoms with E-state index in [2.05, 4.69) is 25.7 Å². The highest BCUT2D eigenvalue weighted by molar-refractivity contribution is 6.88. The lowest BCUT2D eigenvalue weighted by molar-refractivity contribution is -0.136. The molecule has 0 fully saturated rings. The van der Waals surface area contributed by atoms with Gasteiger partial charge in [-0.3, -0.25) is 4.79 Å². The fraction of sp³-hybridized carbons (Fsp3) is 0.364. The summed E-state index contributed by atoms with van der Waals surface area (Å²) < 4.78 is 0. The molecule has 0 aliphatic heterocycles. The number of hydrogen-bond donors (Lipinski definition) is 1. The molecule has 14 heavy (non-hydrogen) atoms. The molecule has 0 spiro atoms. The van der Waals surface area contributed by atoms with Gasteiger partial charge < -0.3 is 5.11 Å². The molecule has 0 bridgehead atoms. The van der Waals surface area contributed by atoms with Crippen LogP contribution in [0.25, 0.3) is 0 Å². The van der Waals surface area contributed by atoms with E-state index in [1.165, 1.54) is 5.19 Å². The Morgan fingerprint density at radius 1 is 1.36 bits per heavy atom. The second kappa shape index (κ2) is 3.96. The van der Waals surface area contributed by atoms with Crippen molar-refractivity contribution in [3.8, 4) is 0 Å². The SMILES string of the molecule is C[Si](C)(C)c1cccc(CC(=O)O)c1. The quantitative estimate of drug-likeness (QED) is 0.770. The van der Waals surface area contributed by atoms with E-state index in [-0.39, 0.29) is 6.42 Å². The number of carboxylic acid groups (broad SMARTS) is 1. The van der Waals surface area contributed by atoms with E-state index in [9.17, 15) is 4.79 Å². The second-order valence-electron chi connectivity index (χ2n) is 4.52. The Bertz CT molecular complexity index is 339. The normalized spacial score (nSPS) is 11.4. The van der Waals surface area contributed by atoms with Crippen LogP contribution in [0.2, 0.25) is 19.6 Å². The predicted octanol–water partition coefficient (Wildman–Crippen LogP) is 1.86. The first-order chi connectivity index (χ1) is 6.39. The molecule has 0 unspecified atom stereocenters. The largest absolute Gasteiger partial charge is 0.481 e. The van der Waals surface area contributed by atoms with Gasteiger partial charge in [-0.15, -0.1) is 0 Å². The first-order valence-electron chi connectivity index (χ1n) is 4.71. The van der Waals surface area contributed by atoms with E-state index >= 15 is 0 Å². The molecule has 3 heteroatoms. The molecule has 1 aromatic carbocycles. The van der Waals surface area contributed by atoms with E-state index < -0.39 is 14.0 Å². The molecule has 1 rings (SSSR count). The molecule has 0 heterocycles. The molecule has 0 saturated heterocycles. The Hall–Kier alpha value is -1.09. The average Bonchev–Trinajstić information content (AvgIpc) is 2.01. The summed E-state index contributed by atoms with van der Waals surface area (Å²) in [5.41, 5.74) is 0.900. The molecule has 0 aliphatic rings. The van der Waals surface area contributed by atoms with E-state index in [1.54, 1.807) is 0 Å². The molecular weight excluding hydrogens is 192 g/mol. The Labute approximate surface area is 85.6 Å². The van der Waals surface area contributed by atoms with Gasteiger partial charge in [-0.05, 0) is 5.56 Å². The maximum absolute atomic E-state index is 10.5. The monoisotopic (exact) mass is 208 g/mol. The molecule has 0 aliphatic carbocycles. The van der Waals surface area contributed by atoms with Crippen LogP contribution in [0.15, 0.2) is 24.3 Å². The lowest BCUT2D eigenvalue weighted by atomic mass is 10.2. The Morgan fingerprint density at radius 3 is 2.50 bits per heavy atom. The Morgan fingerprint density at radius 2 is 2.00 bits per heavy atom. The van der Waals surface area contributed by atoms with Crippen LogP contribution in [0.5, 0.6) is 0 Å². The van der Waals surface area contributed by atoms with Gasteiger partial charge in [0.2, 0.25) is 0 Å².